The molecule has 1 aliphatic heterocycles. The van der Waals surface area contributed by atoms with Crippen LogP contribution in [0.5, 0.6) is 0 Å². The number of nitrogens with one attached hydrogen (secondary N) is 2. The van der Waals surface area contributed by atoms with Crippen molar-refractivity contribution < 1.29 is 26.3 Å². The highest BCUT2D eigenvalue weighted by Crippen LogP contribution is 2.41. The molecule has 0 amide bonds. The molecular formula is C18H12F6N2. The summed E-state index contributed by atoms with van der Waals surface area (Å²) in [5.41, 5.74) is 0.686. The molecule has 0 spiro atoms. The lowest BCUT2D eigenvalue weighted by molar-refractivity contribution is -0.138. The average Bonchev–Trinajstić information content (AvgIpc) is 3.15. The summed E-state index contributed by atoms with van der Waals surface area (Å²) >= 11 is 0. The van der Waals surface area contributed by atoms with Crippen molar-refractivity contribution in [1.82, 2.24) is 4.98 Å². The molecule has 1 atom stereocenters. The normalized spacial score (nSPS) is 17.4. The number of hydrogen-bond acceptors (Lipinski definition) is 1. The summed E-state index contributed by atoms with van der Waals surface area (Å²) in [5, 5.41) is 3.50. The van der Waals surface area contributed by atoms with Crippen LogP contribution in [0.4, 0.5) is 32.0 Å². The molecular weight excluding hydrogens is 358 g/mol. The quantitative estimate of drug-likeness (QED) is 0.512. The molecule has 2 aromatic carbocycles. The minimum Gasteiger partial charge on any atom is -0.378 e. The predicted octanol–water partition coefficient (Wildman–Crippen LogP) is 5.91. The number of aromatic amines is 1. The third kappa shape index (κ3) is 2.79. The summed E-state index contributed by atoms with van der Waals surface area (Å²) < 4.78 is 77.5. The van der Waals surface area contributed by atoms with Crippen LogP contribution < -0.4 is 5.32 Å². The Morgan fingerprint density at radius 1 is 0.846 bits per heavy atom. The molecule has 4 rings (SSSR count). The van der Waals surface area contributed by atoms with Crippen LogP contribution in [-0.4, -0.2) is 4.98 Å². The molecule has 0 bridgehead atoms. The van der Waals surface area contributed by atoms with Gasteiger partial charge in [-0.25, -0.2) is 0 Å². The van der Waals surface area contributed by atoms with E-state index in [-0.39, 0.29) is 6.42 Å². The van der Waals surface area contributed by atoms with Gasteiger partial charge in [-0.05, 0) is 53.9 Å². The maximum atomic E-state index is 13.0. The van der Waals surface area contributed by atoms with E-state index in [9.17, 15) is 26.3 Å². The highest BCUT2D eigenvalue weighted by Gasteiger charge is 2.34. The van der Waals surface area contributed by atoms with Gasteiger partial charge < -0.3 is 10.3 Å². The number of alkyl halides is 6. The first-order valence-corrected chi connectivity index (χ1v) is 7.78. The molecule has 136 valence electrons. The van der Waals surface area contributed by atoms with Crippen molar-refractivity contribution >= 4 is 16.6 Å². The van der Waals surface area contributed by atoms with Gasteiger partial charge in [-0.3, -0.25) is 0 Å². The molecule has 1 unspecified atom stereocenters. The Labute approximate surface area is 143 Å². The van der Waals surface area contributed by atoms with Crippen LogP contribution in [0.3, 0.4) is 0 Å². The molecule has 0 radical (unpaired) electrons. The Balaban J connectivity index is 1.71. The third-order valence-electron chi connectivity index (χ3n) is 4.60. The number of benzene rings is 2. The first-order valence-electron chi connectivity index (χ1n) is 7.78. The van der Waals surface area contributed by atoms with Gasteiger partial charge in [0.15, 0.2) is 0 Å². The van der Waals surface area contributed by atoms with Crippen molar-refractivity contribution in [3.63, 3.8) is 0 Å². The topological polar surface area (TPSA) is 27.8 Å². The second kappa shape index (κ2) is 5.43. The van der Waals surface area contributed by atoms with Crippen molar-refractivity contribution in [3.05, 3.63) is 64.8 Å². The van der Waals surface area contributed by atoms with E-state index in [1.165, 1.54) is 12.1 Å². The lowest BCUT2D eigenvalue weighted by Gasteiger charge is -2.12. The Bertz CT molecular complexity index is 983. The molecule has 3 aromatic rings. The summed E-state index contributed by atoms with van der Waals surface area (Å²) in [6.07, 6.45) is -7.03. The summed E-state index contributed by atoms with van der Waals surface area (Å²) in [4.78, 5) is 2.92. The Morgan fingerprint density at radius 3 is 2.19 bits per heavy atom. The van der Waals surface area contributed by atoms with Crippen LogP contribution >= 0.6 is 0 Å². The van der Waals surface area contributed by atoms with Gasteiger partial charge in [0.1, 0.15) is 0 Å². The van der Waals surface area contributed by atoms with E-state index in [1.54, 1.807) is 6.20 Å². The van der Waals surface area contributed by atoms with Gasteiger partial charge in [-0.1, -0.05) is 0 Å². The molecule has 26 heavy (non-hydrogen) atoms. The maximum absolute atomic E-state index is 13.0. The van der Waals surface area contributed by atoms with Crippen LogP contribution in [0.15, 0.2) is 42.6 Å². The smallest absolute Gasteiger partial charge is 0.378 e. The molecule has 0 aliphatic carbocycles. The Hall–Kier alpha value is -2.64. The zero-order valence-corrected chi connectivity index (χ0v) is 13.1. The van der Waals surface area contributed by atoms with Gasteiger partial charge in [0, 0.05) is 22.8 Å². The average molecular weight is 370 g/mol. The fraction of sp³-hybridized carbons (Fsp3) is 0.222. The lowest BCUT2D eigenvalue weighted by Crippen LogP contribution is -2.06. The molecule has 2 nitrogen and oxygen atoms in total. The summed E-state index contributed by atoms with van der Waals surface area (Å²) in [7, 11) is 0. The van der Waals surface area contributed by atoms with Crippen LogP contribution in [0.2, 0.25) is 0 Å². The molecule has 1 aromatic heterocycles. The van der Waals surface area contributed by atoms with Crippen molar-refractivity contribution in [2.75, 3.05) is 5.32 Å². The van der Waals surface area contributed by atoms with Gasteiger partial charge in [0.2, 0.25) is 0 Å². The van der Waals surface area contributed by atoms with Gasteiger partial charge in [0.25, 0.3) is 0 Å². The zero-order valence-electron chi connectivity index (χ0n) is 13.1. The number of fused-ring (bicyclic) bond motifs is 2. The van der Waals surface area contributed by atoms with Gasteiger partial charge in [-0.2, -0.15) is 26.3 Å². The Kier molecular flexibility index (Phi) is 3.51. The van der Waals surface area contributed by atoms with Crippen molar-refractivity contribution in [3.8, 4) is 0 Å². The van der Waals surface area contributed by atoms with E-state index in [0.717, 1.165) is 24.3 Å². The minimum atomic E-state index is -4.46. The Morgan fingerprint density at radius 2 is 1.50 bits per heavy atom. The van der Waals surface area contributed by atoms with Gasteiger partial charge in [0.05, 0.1) is 17.2 Å². The maximum Gasteiger partial charge on any atom is 0.416 e. The predicted molar refractivity (Wildman–Crippen MR) is 84.8 cm³/mol. The SMILES string of the molecule is FC(F)(F)c1ccc2c(c1)CC(c1c[nH]c3ccc(C(F)(F)F)cc13)N2. The summed E-state index contributed by atoms with van der Waals surface area (Å²) in [6.45, 7) is 0. The fourth-order valence-electron chi connectivity index (χ4n) is 3.33. The van der Waals surface area contributed by atoms with E-state index in [2.05, 4.69) is 10.3 Å². The molecule has 0 fully saturated rings. The third-order valence-corrected chi connectivity index (χ3v) is 4.60. The first-order chi connectivity index (χ1) is 12.1. The number of anilines is 1. The fourth-order valence-corrected chi connectivity index (χ4v) is 3.33. The van der Waals surface area contributed by atoms with E-state index in [1.807, 2.05) is 0 Å². The van der Waals surface area contributed by atoms with E-state index >= 15 is 0 Å². The first kappa shape index (κ1) is 16.8. The summed E-state index contributed by atoms with van der Waals surface area (Å²) in [5.74, 6) is 0. The second-order valence-electron chi connectivity index (χ2n) is 6.27. The largest absolute Gasteiger partial charge is 0.416 e. The van der Waals surface area contributed by atoms with Crippen molar-refractivity contribution in [1.29, 1.82) is 0 Å². The number of aromatic nitrogens is 1. The van der Waals surface area contributed by atoms with E-state index in [0.29, 0.717) is 27.7 Å². The minimum absolute atomic E-state index is 0.266. The molecule has 0 saturated heterocycles. The van der Waals surface area contributed by atoms with Gasteiger partial charge in [-0.15, -0.1) is 0 Å². The molecule has 1 aliphatic rings. The lowest BCUT2D eigenvalue weighted by atomic mass is 10.00. The molecule has 8 heteroatoms. The van der Waals surface area contributed by atoms with Crippen LogP contribution in [0.25, 0.3) is 10.9 Å². The van der Waals surface area contributed by atoms with E-state index < -0.39 is 29.5 Å². The standard InChI is InChI=1S/C18H12F6N2/c19-17(20,21)10-1-3-14-9(5-10)6-16(26-14)13-8-25-15-4-2-11(7-12(13)15)18(22,23)24/h1-5,7-8,16,25-26H,6H2. The highest BCUT2D eigenvalue weighted by molar-refractivity contribution is 5.85. The monoisotopic (exact) mass is 370 g/mol. The molecule has 2 N–H and O–H groups in total. The van der Waals surface area contributed by atoms with Crippen molar-refractivity contribution in [2.24, 2.45) is 0 Å². The number of hydrogen-bond donors (Lipinski definition) is 2. The highest BCUT2D eigenvalue weighted by atomic mass is 19.4. The second-order valence-corrected chi connectivity index (χ2v) is 6.27. The van der Waals surface area contributed by atoms with E-state index in [4.69, 9.17) is 0 Å². The number of rotatable bonds is 1. The number of halogens is 6. The van der Waals surface area contributed by atoms with Crippen LogP contribution in [-0.2, 0) is 18.8 Å². The van der Waals surface area contributed by atoms with Crippen molar-refractivity contribution in [2.45, 2.75) is 24.8 Å². The molecule has 0 saturated carbocycles. The summed E-state index contributed by atoms with van der Waals surface area (Å²) in [6, 6.07) is 6.44. The number of H-pyrrole nitrogens is 1. The zero-order chi connectivity index (χ0) is 18.7. The van der Waals surface area contributed by atoms with Crippen LogP contribution in [0.1, 0.15) is 28.3 Å². The van der Waals surface area contributed by atoms with Gasteiger partial charge >= 0.3 is 12.4 Å². The van der Waals surface area contributed by atoms with Crippen LogP contribution in [0, 0.1) is 0 Å². The molecule has 2 heterocycles.